The van der Waals surface area contributed by atoms with E-state index in [4.69, 9.17) is 10.5 Å². The number of benzene rings is 2. The number of methoxy groups -OCH3 is 1. The second kappa shape index (κ2) is 5.03. The van der Waals surface area contributed by atoms with Gasteiger partial charge in [0, 0.05) is 12.8 Å². The van der Waals surface area contributed by atoms with Crippen LogP contribution >= 0.6 is 0 Å². The van der Waals surface area contributed by atoms with Crippen molar-refractivity contribution in [1.29, 1.82) is 0 Å². The number of carbonyl (C=O) groups is 2. The van der Waals surface area contributed by atoms with Crippen molar-refractivity contribution >= 4 is 23.2 Å². The fourth-order valence-electron chi connectivity index (χ4n) is 2.50. The van der Waals surface area contributed by atoms with Crippen LogP contribution in [0.4, 0.5) is 11.4 Å². The zero-order valence-corrected chi connectivity index (χ0v) is 11.5. The normalized spacial score (nSPS) is 13.7. The maximum absolute atomic E-state index is 12.5. The summed E-state index contributed by atoms with van der Waals surface area (Å²) < 4.78 is 5.07. The lowest BCUT2D eigenvalue weighted by molar-refractivity contribution is 0.0926. The summed E-state index contributed by atoms with van der Waals surface area (Å²) in [5, 5.41) is 0. The summed E-state index contributed by atoms with van der Waals surface area (Å²) in [6.07, 6.45) is 0. The van der Waals surface area contributed by atoms with Crippen molar-refractivity contribution in [2.24, 2.45) is 0 Å². The number of rotatable bonds is 3. The molecule has 1 aliphatic rings. The largest absolute Gasteiger partial charge is 0.398 e. The van der Waals surface area contributed by atoms with Gasteiger partial charge < -0.3 is 10.5 Å². The van der Waals surface area contributed by atoms with Crippen molar-refractivity contribution in [3.05, 3.63) is 59.2 Å². The third-order valence-corrected chi connectivity index (χ3v) is 3.43. The van der Waals surface area contributed by atoms with E-state index in [1.807, 2.05) is 6.07 Å². The van der Waals surface area contributed by atoms with Gasteiger partial charge in [0.15, 0.2) is 0 Å². The number of ether oxygens (including phenoxy) is 1. The molecule has 106 valence electrons. The molecule has 2 aromatic rings. The first-order chi connectivity index (χ1) is 10.1. The van der Waals surface area contributed by atoms with E-state index in [9.17, 15) is 9.59 Å². The zero-order chi connectivity index (χ0) is 15.0. The summed E-state index contributed by atoms with van der Waals surface area (Å²) in [5.74, 6) is -0.737. The summed E-state index contributed by atoms with van der Waals surface area (Å²) in [7, 11) is 1.59. The topological polar surface area (TPSA) is 72.6 Å². The highest BCUT2D eigenvalue weighted by atomic mass is 16.5. The van der Waals surface area contributed by atoms with Crippen molar-refractivity contribution in [1.82, 2.24) is 0 Å². The maximum atomic E-state index is 12.5. The van der Waals surface area contributed by atoms with Crippen molar-refractivity contribution in [2.75, 3.05) is 17.7 Å². The molecular weight excluding hydrogens is 268 g/mol. The van der Waals surface area contributed by atoms with Crippen molar-refractivity contribution < 1.29 is 14.3 Å². The minimum Gasteiger partial charge on any atom is -0.398 e. The van der Waals surface area contributed by atoms with Crippen molar-refractivity contribution in [3.8, 4) is 0 Å². The number of imide groups is 1. The molecule has 1 heterocycles. The Bertz CT molecular complexity index is 740. The average Bonchev–Trinajstić information content (AvgIpc) is 2.73. The first-order valence-electron chi connectivity index (χ1n) is 6.48. The lowest BCUT2D eigenvalue weighted by Gasteiger charge is -2.15. The maximum Gasteiger partial charge on any atom is 0.268 e. The second-order valence-electron chi connectivity index (χ2n) is 4.82. The van der Waals surface area contributed by atoms with E-state index < -0.39 is 0 Å². The van der Waals surface area contributed by atoms with Crippen molar-refractivity contribution in [3.63, 3.8) is 0 Å². The molecule has 0 unspecified atom stereocenters. The molecule has 2 aromatic carbocycles. The fraction of sp³-hybridized carbons (Fsp3) is 0.125. The Morgan fingerprint density at radius 2 is 1.86 bits per heavy atom. The Hall–Kier alpha value is -2.66. The van der Waals surface area contributed by atoms with E-state index in [-0.39, 0.29) is 17.4 Å². The first-order valence-corrected chi connectivity index (χ1v) is 6.48. The molecule has 0 bridgehead atoms. The Kier molecular flexibility index (Phi) is 3.19. The Balaban J connectivity index is 2.06. The van der Waals surface area contributed by atoms with Crippen LogP contribution in [0.15, 0.2) is 42.5 Å². The van der Waals surface area contributed by atoms with Gasteiger partial charge in [-0.15, -0.1) is 0 Å². The number of amides is 2. The number of fused-ring (bicyclic) bond motifs is 1. The summed E-state index contributed by atoms with van der Waals surface area (Å²) in [4.78, 5) is 26.1. The number of carbonyl (C=O) groups excluding carboxylic acids is 2. The highest BCUT2D eigenvalue weighted by Crippen LogP contribution is 2.31. The second-order valence-corrected chi connectivity index (χ2v) is 4.82. The Morgan fingerprint density at radius 1 is 1.10 bits per heavy atom. The van der Waals surface area contributed by atoms with Crippen LogP contribution in [0.5, 0.6) is 0 Å². The van der Waals surface area contributed by atoms with Gasteiger partial charge in [-0.3, -0.25) is 9.59 Å². The van der Waals surface area contributed by atoms with Gasteiger partial charge in [0.2, 0.25) is 0 Å². The Labute approximate surface area is 121 Å². The monoisotopic (exact) mass is 282 g/mol. The standard InChI is InChI=1S/C16H14N2O3/c1-21-9-10-4-2-5-11(8-10)18-15(19)12-6-3-7-13(17)14(12)16(18)20/h2-8H,9,17H2,1H3. The third-order valence-electron chi connectivity index (χ3n) is 3.43. The van der Waals surface area contributed by atoms with E-state index in [2.05, 4.69) is 0 Å². The van der Waals surface area contributed by atoms with Crippen LogP contribution in [0.25, 0.3) is 0 Å². The summed E-state index contributed by atoms with van der Waals surface area (Å²) in [5.41, 5.74) is 8.18. The lowest BCUT2D eigenvalue weighted by atomic mass is 10.1. The van der Waals surface area contributed by atoms with Crippen LogP contribution in [-0.4, -0.2) is 18.9 Å². The van der Waals surface area contributed by atoms with Crippen LogP contribution in [0.1, 0.15) is 26.3 Å². The summed E-state index contributed by atoms with van der Waals surface area (Å²) in [6.45, 7) is 0.416. The molecule has 0 aliphatic carbocycles. The predicted octanol–water partition coefficient (Wildman–Crippen LogP) is 2.22. The lowest BCUT2D eigenvalue weighted by Crippen LogP contribution is -2.29. The molecule has 1 aliphatic heterocycles. The van der Waals surface area contributed by atoms with Gasteiger partial charge in [-0.1, -0.05) is 18.2 Å². The van der Waals surface area contributed by atoms with Crippen molar-refractivity contribution in [2.45, 2.75) is 6.61 Å². The predicted molar refractivity (Wildman–Crippen MR) is 79.1 cm³/mol. The van der Waals surface area contributed by atoms with E-state index in [1.54, 1.807) is 43.5 Å². The molecular formula is C16H14N2O3. The van der Waals surface area contributed by atoms with E-state index >= 15 is 0 Å². The molecule has 0 spiro atoms. The molecule has 0 atom stereocenters. The third kappa shape index (κ3) is 2.08. The molecule has 2 amide bonds. The molecule has 5 heteroatoms. The van der Waals surface area contributed by atoms with E-state index in [0.717, 1.165) is 10.5 Å². The quantitative estimate of drug-likeness (QED) is 0.692. The van der Waals surface area contributed by atoms with Gasteiger partial charge in [-0.2, -0.15) is 0 Å². The highest BCUT2D eigenvalue weighted by Gasteiger charge is 2.38. The minimum absolute atomic E-state index is 0.277. The van der Waals surface area contributed by atoms with E-state index in [0.29, 0.717) is 23.5 Å². The molecule has 5 nitrogen and oxygen atoms in total. The van der Waals surface area contributed by atoms with Crippen LogP contribution in [0.2, 0.25) is 0 Å². The Morgan fingerprint density at radius 3 is 2.57 bits per heavy atom. The molecule has 21 heavy (non-hydrogen) atoms. The van der Waals surface area contributed by atoms with Crippen LogP contribution < -0.4 is 10.6 Å². The smallest absolute Gasteiger partial charge is 0.268 e. The van der Waals surface area contributed by atoms with Gasteiger partial charge >= 0.3 is 0 Å². The van der Waals surface area contributed by atoms with Gasteiger partial charge in [-0.25, -0.2) is 4.90 Å². The average molecular weight is 282 g/mol. The van der Waals surface area contributed by atoms with Gasteiger partial charge in [-0.05, 0) is 29.8 Å². The van der Waals surface area contributed by atoms with Crippen LogP contribution in [0.3, 0.4) is 0 Å². The number of nitrogens with zero attached hydrogens (tertiary/aromatic N) is 1. The zero-order valence-electron chi connectivity index (χ0n) is 11.5. The molecule has 0 saturated heterocycles. The van der Waals surface area contributed by atoms with Gasteiger partial charge in [0.1, 0.15) is 0 Å². The van der Waals surface area contributed by atoms with Gasteiger partial charge in [0.25, 0.3) is 11.8 Å². The van der Waals surface area contributed by atoms with E-state index in [1.165, 1.54) is 0 Å². The van der Waals surface area contributed by atoms with Gasteiger partial charge in [0.05, 0.1) is 23.4 Å². The summed E-state index contributed by atoms with van der Waals surface area (Å²) >= 11 is 0. The molecule has 0 fully saturated rings. The van der Waals surface area contributed by atoms with Crippen LogP contribution in [-0.2, 0) is 11.3 Å². The number of hydrogen-bond donors (Lipinski definition) is 1. The molecule has 0 saturated carbocycles. The molecule has 0 aromatic heterocycles. The molecule has 2 N–H and O–H groups in total. The minimum atomic E-state index is -0.386. The first kappa shape index (κ1) is 13.3. The number of nitrogen functional groups attached to an aromatic ring is 1. The number of anilines is 2. The fourth-order valence-corrected chi connectivity index (χ4v) is 2.50. The SMILES string of the molecule is COCc1cccc(N2C(=O)c3cccc(N)c3C2=O)c1. The number of hydrogen-bond acceptors (Lipinski definition) is 4. The molecule has 3 rings (SSSR count). The van der Waals surface area contributed by atoms with Crippen LogP contribution in [0, 0.1) is 0 Å². The molecule has 0 radical (unpaired) electrons. The summed E-state index contributed by atoms with van der Waals surface area (Å²) in [6, 6.07) is 12.1. The highest BCUT2D eigenvalue weighted by molar-refractivity contribution is 6.35. The number of nitrogens with two attached hydrogens (primary N) is 1.